The summed E-state index contributed by atoms with van der Waals surface area (Å²) in [6.07, 6.45) is 0.849. The number of amides is 3. The largest absolute Gasteiger partial charge is 0.483 e. The lowest BCUT2D eigenvalue weighted by Crippen LogP contribution is -2.42. The zero-order valence-electron chi connectivity index (χ0n) is 24.2. The molecule has 2 aromatic carbocycles. The number of halogens is 1. The highest BCUT2D eigenvalue weighted by molar-refractivity contribution is 9.10. The fourth-order valence-electron chi connectivity index (χ4n) is 7.99. The first-order chi connectivity index (χ1) is 21.6. The number of aromatic amines is 1. The number of imide groups is 1. The quantitative estimate of drug-likeness (QED) is 0.267. The molecule has 3 heterocycles. The first-order valence-corrected chi connectivity index (χ1v) is 17.3. The number of fused-ring (bicyclic) bond motifs is 9. The number of hydrogen-bond acceptors (Lipinski definition) is 8. The van der Waals surface area contributed by atoms with Crippen molar-refractivity contribution < 1.29 is 29.0 Å². The number of likely N-dealkylation sites (tertiary alicyclic amines) is 1. The smallest absolute Gasteiger partial charge is 0.305 e. The zero-order chi connectivity index (χ0) is 31.6. The van der Waals surface area contributed by atoms with Gasteiger partial charge in [0, 0.05) is 44.7 Å². The Bertz CT molecular complexity index is 1790. The molecule has 13 heteroatoms. The molecule has 45 heavy (non-hydrogen) atoms. The van der Waals surface area contributed by atoms with E-state index in [-0.39, 0.29) is 77.5 Å². The molecule has 3 amide bonds. The van der Waals surface area contributed by atoms with Crippen molar-refractivity contribution in [3.05, 3.63) is 72.6 Å². The second-order valence-electron chi connectivity index (χ2n) is 12.2. The highest BCUT2D eigenvalue weighted by atomic mass is 79.9. The minimum atomic E-state index is -0.959. The average molecular weight is 713 g/mol. The number of thiazole rings is 1. The third-order valence-corrected chi connectivity index (χ3v) is 12.6. The van der Waals surface area contributed by atoms with Crippen molar-refractivity contribution in [2.75, 3.05) is 18.5 Å². The monoisotopic (exact) mass is 711 g/mol. The van der Waals surface area contributed by atoms with Crippen molar-refractivity contribution in [1.29, 1.82) is 0 Å². The maximum atomic E-state index is 13.7. The van der Waals surface area contributed by atoms with E-state index in [1.54, 1.807) is 11.8 Å². The van der Waals surface area contributed by atoms with Crippen LogP contribution in [-0.4, -0.2) is 57.1 Å². The standard InChI is InChI=1S/C32H30BrN3O7S2/c1-14-4-2-5-16(10-14)34-21(37)13-43-20-8-7-15(33)11-17(20)23-24-18-12-19(27(24)44-29-28(23)45-32(42)35-29)26-25(18)30(40)36(31(26)41)9-3-6-22(38)39/h2,4-5,7-8,10-11,18-19,23-27H,3,6,9,12-13H2,1H3,(H,34,37)(H,35,42)(H,38,39)/t18?,19?,23-,24?,25?,26?,27?/m1/s1. The van der Waals surface area contributed by atoms with E-state index in [9.17, 15) is 24.0 Å². The Hall–Kier alpha value is -3.42. The Morgan fingerprint density at radius 1 is 1.11 bits per heavy atom. The number of rotatable bonds is 9. The number of ether oxygens (including phenoxy) is 1. The van der Waals surface area contributed by atoms with Crippen LogP contribution < -0.4 is 14.9 Å². The fourth-order valence-corrected chi connectivity index (χ4v) is 11.3. The number of aryl methyl sites for hydroxylation is 1. The normalized spacial score (nSPS) is 27.7. The van der Waals surface area contributed by atoms with Gasteiger partial charge in [-0.05, 0) is 73.4 Å². The van der Waals surface area contributed by atoms with E-state index in [4.69, 9.17) is 9.84 Å². The van der Waals surface area contributed by atoms with Gasteiger partial charge in [-0.3, -0.25) is 28.9 Å². The van der Waals surface area contributed by atoms with E-state index >= 15 is 0 Å². The van der Waals surface area contributed by atoms with Crippen molar-refractivity contribution in [3.63, 3.8) is 0 Å². The number of hydrogen-bond donors (Lipinski definition) is 3. The van der Waals surface area contributed by atoms with E-state index in [0.29, 0.717) is 11.4 Å². The third kappa shape index (κ3) is 5.32. The minimum absolute atomic E-state index is 0.00818. The second-order valence-corrected chi connectivity index (χ2v) is 15.3. The third-order valence-electron chi connectivity index (χ3n) is 9.56. The first kappa shape index (κ1) is 30.2. The van der Waals surface area contributed by atoms with Crippen LogP contribution in [0.15, 0.2) is 56.8 Å². The van der Waals surface area contributed by atoms with E-state index in [2.05, 4.69) is 26.2 Å². The number of anilines is 1. The number of thioether (sulfide) groups is 1. The lowest BCUT2D eigenvalue weighted by molar-refractivity contribution is -0.142. The number of aromatic nitrogens is 1. The number of carboxylic acids is 1. The summed E-state index contributed by atoms with van der Waals surface area (Å²) < 4.78 is 6.98. The number of carbonyl (C=O) groups is 4. The van der Waals surface area contributed by atoms with E-state index < -0.39 is 17.8 Å². The second kappa shape index (κ2) is 11.7. The summed E-state index contributed by atoms with van der Waals surface area (Å²) in [4.78, 5) is 68.9. The molecular formula is C32H30BrN3O7S2. The minimum Gasteiger partial charge on any atom is -0.483 e. The van der Waals surface area contributed by atoms with E-state index in [1.165, 1.54) is 4.90 Å². The number of benzene rings is 2. The maximum absolute atomic E-state index is 13.7. The summed E-state index contributed by atoms with van der Waals surface area (Å²) >= 11 is 6.35. The van der Waals surface area contributed by atoms with Crippen molar-refractivity contribution >= 4 is 68.4 Å². The molecule has 234 valence electrons. The molecule has 2 aliphatic carbocycles. The number of carbonyl (C=O) groups excluding carboxylic acids is 3. The van der Waals surface area contributed by atoms with Crippen molar-refractivity contribution in [2.24, 2.45) is 29.6 Å². The highest BCUT2D eigenvalue weighted by Crippen LogP contribution is 2.69. The highest BCUT2D eigenvalue weighted by Gasteiger charge is 2.69. The maximum Gasteiger partial charge on any atom is 0.305 e. The Morgan fingerprint density at radius 3 is 2.64 bits per heavy atom. The summed E-state index contributed by atoms with van der Waals surface area (Å²) in [5, 5.41) is 12.7. The summed E-state index contributed by atoms with van der Waals surface area (Å²) in [7, 11) is 0. The van der Waals surface area contributed by atoms with Gasteiger partial charge >= 0.3 is 10.8 Å². The summed E-state index contributed by atoms with van der Waals surface area (Å²) in [6.45, 7) is 1.84. The van der Waals surface area contributed by atoms with Crippen LogP contribution in [0.5, 0.6) is 5.75 Å². The molecule has 10 nitrogen and oxygen atoms in total. The summed E-state index contributed by atoms with van der Waals surface area (Å²) in [5.41, 5.74) is 2.52. The molecule has 2 bridgehead atoms. The molecule has 7 rings (SSSR count). The summed E-state index contributed by atoms with van der Waals surface area (Å²) in [6, 6.07) is 13.1. The van der Waals surface area contributed by atoms with Gasteiger partial charge in [0.2, 0.25) is 11.8 Å². The van der Waals surface area contributed by atoms with Gasteiger partial charge in [-0.1, -0.05) is 39.4 Å². The topological polar surface area (TPSA) is 146 Å². The lowest BCUT2D eigenvalue weighted by atomic mass is 9.68. The van der Waals surface area contributed by atoms with Gasteiger partial charge in [0.25, 0.3) is 5.91 Å². The first-order valence-electron chi connectivity index (χ1n) is 14.9. The molecule has 4 aliphatic rings. The van der Waals surface area contributed by atoms with Crippen LogP contribution in [0.3, 0.4) is 0 Å². The van der Waals surface area contributed by atoms with Gasteiger partial charge in [0.15, 0.2) is 6.61 Å². The molecule has 3 N–H and O–H groups in total. The summed E-state index contributed by atoms with van der Waals surface area (Å²) in [5.74, 6) is -2.54. The molecule has 1 aromatic heterocycles. The van der Waals surface area contributed by atoms with Gasteiger partial charge in [0.1, 0.15) is 5.75 Å². The molecule has 0 radical (unpaired) electrons. The Morgan fingerprint density at radius 2 is 1.89 bits per heavy atom. The van der Waals surface area contributed by atoms with Crippen LogP contribution in [0.25, 0.3) is 0 Å². The van der Waals surface area contributed by atoms with Gasteiger partial charge in [-0.25, -0.2) is 0 Å². The van der Waals surface area contributed by atoms with Gasteiger partial charge < -0.3 is 20.1 Å². The molecule has 3 fully saturated rings. The van der Waals surface area contributed by atoms with E-state index in [1.807, 2.05) is 49.4 Å². The molecular weight excluding hydrogens is 682 g/mol. The molecule has 6 unspecified atom stereocenters. The Kier molecular flexibility index (Phi) is 7.89. The zero-order valence-corrected chi connectivity index (χ0v) is 27.4. The van der Waals surface area contributed by atoms with Crippen LogP contribution in [0.4, 0.5) is 5.69 Å². The molecule has 7 atom stereocenters. The van der Waals surface area contributed by atoms with Gasteiger partial charge in [0.05, 0.1) is 16.9 Å². The van der Waals surface area contributed by atoms with Crippen LogP contribution in [0, 0.1) is 36.5 Å². The SMILES string of the molecule is Cc1cccc(NC(=O)COc2ccc(Br)cc2[C@H]2c3sc(=O)[nH]c3SC3C4CC(C5C(=O)N(CCCC(=O)O)C(=O)C45)C32)c1. The van der Waals surface area contributed by atoms with Crippen molar-refractivity contribution in [2.45, 2.75) is 42.4 Å². The molecule has 3 aromatic rings. The molecule has 1 saturated heterocycles. The van der Waals surface area contributed by atoms with Crippen LogP contribution in [0.2, 0.25) is 0 Å². The number of nitrogens with zero attached hydrogens (tertiary/aromatic N) is 1. The predicted molar refractivity (Wildman–Crippen MR) is 172 cm³/mol. The van der Waals surface area contributed by atoms with Crippen LogP contribution in [-0.2, 0) is 19.2 Å². The number of nitrogens with one attached hydrogen (secondary N) is 2. The number of carboxylic acid groups (broad SMARTS) is 1. The van der Waals surface area contributed by atoms with E-state index in [0.717, 1.165) is 43.3 Å². The molecule has 2 aliphatic heterocycles. The fraction of sp³-hybridized carbons (Fsp3) is 0.406. The number of aliphatic carboxylic acids is 1. The molecule has 2 saturated carbocycles. The average Bonchev–Trinajstić information content (AvgIpc) is 3.72. The Labute approximate surface area is 275 Å². The van der Waals surface area contributed by atoms with Crippen molar-refractivity contribution in [1.82, 2.24) is 9.88 Å². The van der Waals surface area contributed by atoms with Crippen molar-refractivity contribution in [3.8, 4) is 5.75 Å². The Balaban J connectivity index is 1.20. The van der Waals surface area contributed by atoms with Gasteiger partial charge in [-0.15, -0.1) is 11.8 Å². The van der Waals surface area contributed by atoms with Gasteiger partial charge in [-0.2, -0.15) is 0 Å². The lowest BCUT2D eigenvalue weighted by Gasteiger charge is -2.43. The van der Waals surface area contributed by atoms with Crippen LogP contribution in [0.1, 0.15) is 41.2 Å². The number of H-pyrrole nitrogens is 1. The predicted octanol–water partition coefficient (Wildman–Crippen LogP) is 4.86. The van der Waals surface area contributed by atoms with Crippen LogP contribution >= 0.6 is 39.0 Å². The molecule has 0 spiro atoms.